The maximum Gasteiger partial charge on any atom is 0.332 e. The van der Waals surface area contributed by atoms with Crippen LogP contribution < -0.4 is 14.8 Å². The first kappa shape index (κ1) is 32.0. The van der Waals surface area contributed by atoms with Crippen molar-refractivity contribution in [1.82, 2.24) is 10.3 Å². The molecule has 0 saturated carbocycles. The molecule has 1 amide bonds. The fourth-order valence-electron chi connectivity index (χ4n) is 4.20. The molecule has 1 N–H and O–H groups in total. The number of pyridine rings is 1. The predicted octanol–water partition coefficient (Wildman–Crippen LogP) is 2.81. The van der Waals surface area contributed by atoms with E-state index in [2.05, 4.69) is 10.3 Å². The van der Waals surface area contributed by atoms with E-state index in [1.54, 1.807) is 32.9 Å². The molecule has 0 spiro atoms. The summed E-state index contributed by atoms with van der Waals surface area (Å²) in [6.07, 6.45) is -0.200. The zero-order valence-electron chi connectivity index (χ0n) is 24.3. The highest BCUT2D eigenvalue weighted by Crippen LogP contribution is 2.30. The molecule has 42 heavy (non-hydrogen) atoms. The number of hydrogen-bond donors (Lipinski definition) is 1. The van der Waals surface area contributed by atoms with E-state index in [4.69, 9.17) is 23.7 Å². The normalized spacial score (nSPS) is 20.7. The Kier molecular flexibility index (Phi) is 11.4. The quantitative estimate of drug-likeness (QED) is 0.324. The smallest absolute Gasteiger partial charge is 0.332 e. The molecular formula is C30H36N2O10. The highest BCUT2D eigenvalue weighted by molar-refractivity contribution is 5.99. The molecule has 4 atom stereocenters. The lowest BCUT2D eigenvalue weighted by atomic mass is 9.91. The molecule has 1 fully saturated rings. The summed E-state index contributed by atoms with van der Waals surface area (Å²) in [5, 5.41) is 2.45. The Labute approximate surface area is 244 Å². The molecule has 1 aliphatic heterocycles. The van der Waals surface area contributed by atoms with E-state index in [0.717, 1.165) is 5.56 Å². The fraction of sp³-hybridized carbons (Fsp3) is 0.467. The number of amides is 1. The lowest BCUT2D eigenvalue weighted by Crippen LogP contribution is -2.47. The van der Waals surface area contributed by atoms with Crippen LogP contribution in [0.3, 0.4) is 0 Å². The van der Waals surface area contributed by atoms with Crippen LogP contribution in [0.25, 0.3) is 0 Å². The second kappa shape index (κ2) is 14.9. The Balaban J connectivity index is 1.89. The van der Waals surface area contributed by atoms with Gasteiger partial charge in [-0.25, -0.2) is 9.78 Å². The van der Waals surface area contributed by atoms with Crippen LogP contribution >= 0.6 is 0 Å². The monoisotopic (exact) mass is 584 g/mol. The van der Waals surface area contributed by atoms with Crippen molar-refractivity contribution in [2.24, 2.45) is 11.8 Å². The summed E-state index contributed by atoms with van der Waals surface area (Å²) < 4.78 is 27.3. The molecular weight excluding hydrogens is 548 g/mol. The van der Waals surface area contributed by atoms with Gasteiger partial charge in [-0.1, -0.05) is 51.1 Å². The minimum Gasteiger partial charge on any atom is -0.493 e. The predicted molar refractivity (Wildman–Crippen MR) is 147 cm³/mol. The molecule has 2 aromatic rings. The lowest BCUT2D eigenvalue weighted by molar-refractivity contribution is -0.176. The number of nitrogens with zero attached hydrogens (tertiary/aromatic N) is 1. The molecule has 1 aromatic carbocycles. The van der Waals surface area contributed by atoms with Gasteiger partial charge in [0.05, 0.1) is 13.0 Å². The summed E-state index contributed by atoms with van der Waals surface area (Å²) in [6, 6.07) is 9.02. The first-order chi connectivity index (χ1) is 20.0. The zero-order valence-corrected chi connectivity index (χ0v) is 24.3. The number of cyclic esters (lactones) is 2. The van der Waals surface area contributed by atoms with Crippen molar-refractivity contribution in [1.29, 1.82) is 0 Å². The van der Waals surface area contributed by atoms with Crippen LogP contribution in [0.1, 0.15) is 56.6 Å². The minimum absolute atomic E-state index is 0.0789. The van der Waals surface area contributed by atoms with Crippen LogP contribution in [0.2, 0.25) is 0 Å². The highest BCUT2D eigenvalue weighted by Gasteiger charge is 2.42. The topological polar surface area (TPSA) is 156 Å². The Morgan fingerprint density at radius 3 is 2.45 bits per heavy atom. The molecule has 1 aliphatic rings. The SMILES string of the molecule is CCCC(=O)Oc1c(OC)ccnc1C(=O)NC1COC(=O)[C@H](Cc2ccccc2)C(OC(=O)C(C)C)[C@H](C)OC1=O. The molecule has 12 heteroatoms. The lowest BCUT2D eigenvalue weighted by Gasteiger charge is -2.29. The number of methoxy groups -OCH3 is 1. The Morgan fingerprint density at radius 1 is 1.10 bits per heavy atom. The Bertz CT molecular complexity index is 1280. The number of benzene rings is 1. The molecule has 2 heterocycles. The number of carbonyl (C=O) groups excluding carboxylic acids is 5. The Morgan fingerprint density at radius 2 is 1.81 bits per heavy atom. The number of rotatable bonds is 10. The van der Waals surface area contributed by atoms with Gasteiger partial charge in [0.1, 0.15) is 18.6 Å². The molecule has 1 saturated heterocycles. The standard InChI is InChI=1S/C30H36N2O10/c1-6-10-23(33)41-26-22(38-5)13-14-31-24(26)27(34)32-21-16-39-29(36)20(15-19-11-8-7-9-12-19)25(18(4)40-30(21)37)42-28(35)17(2)3/h7-9,11-14,17-18,20-21,25H,6,10,15-16H2,1-5H3,(H,32,34)/t18-,20+,21?,25?/m0/s1. The number of ether oxygens (including phenoxy) is 5. The summed E-state index contributed by atoms with van der Waals surface area (Å²) in [7, 11) is 1.33. The van der Waals surface area contributed by atoms with Gasteiger partial charge >= 0.3 is 23.9 Å². The van der Waals surface area contributed by atoms with Gasteiger partial charge in [-0.3, -0.25) is 19.2 Å². The molecule has 12 nitrogen and oxygen atoms in total. The Hall–Kier alpha value is -4.48. The van der Waals surface area contributed by atoms with Crippen molar-refractivity contribution in [3.8, 4) is 11.5 Å². The van der Waals surface area contributed by atoms with E-state index in [9.17, 15) is 24.0 Å². The fourth-order valence-corrected chi connectivity index (χ4v) is 4.20. The largest absolute Gasteiger partial charge is 0.493 e. The second-order valence-electron chi connectivity index (χ2n) is 10.1. The third-order valence-electron chi connectivity index (χ3n) is 6.44. The summed E-state index contributed by atoms with van der Waals surface area (Å²) in [5.41, 5.74) is 0.457. The van der Waals surface area contributed by atoms with Gasteiger partial charge in [0.15, 0.2) is 23.6 Å². The van der Waals surface area contributed by atoms with Crippen molar-refractivity contribution >= 4 is 29.8 Å². The van der Waals surface area contributed by atoms with Gasteiger partial charge in [0.2, 0.25) is 5.75 Å². The van der Waals surface area contributed by atoms with Crippen molar-refractivity contribution in [3.05, 3.63) is 53.9 Å². The third kappa shape index (κ3) is 8.27. The van der Waals surface area contributed by atoms with Crippen LogP contribution in [-0.2, 0) is 39.8 Å². The number of carbonyl (C=O) groups is 5. The van der Waals surface area contributed by atoms with Crippen molar-refractivity contribution in [3.63, 3.8) is 0 Å². The van der Waals surface area contributed by atoms with E-state index in [0.29, 0.717) is 6.42 Å². The number of esters is 4. The van der Waals surface area contributed by atoms with Gasteiger partial charge in [0.25, 0.3) is 5.91 Å². The molecule has 2 unspecified atom stereocenters. The van der Waals surface area contributed by atoms with Crippen molar-refractivity contribution in [2.45, 2.75) is 65.2 Å². The van der Waals surface area contributed by atoms with Crippen LogP contribution in [0.15, 0.2) is 42.6 Å². The summed E-state index contributed by atoms with van der Waals surface area (Å²) >= 11 is 0. The van der Waals surface area contributed by atoms with Crippen LogP contribution in [0, 0.1) is 11.8 Å². The number of nitrogens with one attached hydrogen (secondary N) is 1. The third-order valence-corrected chi connectivity index (χ3v) is 6.44. The average Bonchev–Trinajstić information content (AvgIpc) is 2.99. The highest BCUT2D eigenvalue weighted by atomic mass is 16.6. The van der Waals surface area contributed by atoms with Gasteiger partial charge in [-0.05, 0) is 25.3 Å². The van der Waals surface area contributed by atoms with Gasteiger partial charge in [-0.2, -0.15) is 0 Å². The van der Waals surface area contributed by atoms with Crippen LogP contribution in [0.4, 0.5) is 0 Å². The van der Waals surface area contributed by atoms with E-state index >= 15 is 0 Å². The van der Waals surface area contributed by atoms with Gasteiger partial charge < -0.3 is 29.0 Å². The summed E-state index contributed by atoms with van der Waals surface area (Å²) in [5.74, 6) is -5.39. The average molecular weight is 585 g/mol. The maximum absolute atomic E-state index is 13.4. The molecule has 0 bridgehead atoms. The summed E-state index contributed by atoms with van der Waals surface area (Å²) in [6.45, 7) is 6.01. The molecule has 3 rings (SSSR count). The van der Waals surface area contributed by atoms with Gasteiger partial charge in [-0.15, -0.1) is 0 Å². The van der Waals surface area contributed by atoms with Crippen molar-refractivity contribution < 1.29 is 47.7 Å². The van der Waals surface area contributed by atoms with Crippen LogP contribution in [0.5, 0.6) is 11.5 Å². The molecule has 226 valence electrons. The van der Waals surface area contributed by atoms with E-state index < -0.39 is 66.5 Å². The molecule has 0 aliphatic carbocycles. The minimum atomic E-state index is -1.45. The maximum atomic E-state index is 13.4. The second-order valence-corrected chi connectivity index (χ2v) is 10.1. The molecule has 1 aromatic heterocycles. The first-order valence-corrected chi connectivity index (χ1v) is 13.7. The van der Waals surface area contributed by atoms with Gasteiger partial charge in [0, 0.05) is 18.7 Å². The zero-order chi connectivity index (χ0) is 30.8. The van der Waals surface area contributed by atoms with E-state index in [1.165, 1.54) is 26.3 Å². The van der Waals surface area contributed by atoms with E-state index in [-0.39, 0.29) is 30.0 Å². The molecule has 0 radical (unpaired) electrons. The number of hydrogen-bond acceptors (Lipinski definition) is 11. The van der Waals surface area contributed by atoms with E-state index in [1.807, 2.05) is 18.2 Å². The first-order valence-electron chi connectivity index (χ1n) is 13.7. The van der Waals surface area contributed by atoms with Crippen LogP contribution in [-0.4, -0.2) is 66.7 Å². The summed E-state index contributed by atoms with van der Waals surface area (Å²) in [4.78, 5) is 68.7. The van der Waals surface area contributed by atoms with Crippen molar-refractivity contribution in [2.75, 3.05) is 13.7 Å². The number of aromatic nitrogens is 1.